The molecule has 0 aliphatic carbocycles. The van der Waals surface area contributed by atoms with Crippen molar-refractivity contribution in [3.05, 3.63) is 0 Å². The van der Waals surface area contributed by atoms with E-state index in [9.17, 15) is 28.2 Å². The molecule has 0 aromatic heterocycles. The number of hydrogen-bond acceptors (Lipinski definition) is 5. The van der Waals surface area contributed by atoms with Gasteiger partial charge in [0.25, 0.3) is 0 Å². The van der Waals surface area contributed by atoms with E-state index in [2.05, 4.69) is 0 Å². The minimum absolute atomic E-state index is 0.425. The van der Waals surface area contributed by atoms with Crippen LogP contribution >= 0.6 is 0 Å². The summed E-state index contributed by atoms with van der Waals surface area (Å²) in [5, 5.41) is 29.0. The summed E-state index contributed by atoms with van der Waals surface area (Å²) in [4.78, 5) is 10.6. The quantitative estimate of drug-likeness (QED) is 0.466. The molecule has 3 unspecified atom stereocenters. The fourth-order valence-corrected chi connectivity index (χ4v) is 1.42. The topological polar surface area (TPSA) is 99.0 Å². The zero-order valence-corrected chi connectivity index (χ0v) is 8.52. The molecule has 0 radical (unpaired) electrons. The number of aliphatic hydroxyl groups is 3. The minimum Gasteiger partial charge on any atom is -0.394 e. The van der Waals surface area contributed by atoms with Crippen molar-refractivity contribution in [2.75, 3.05) is 13.2 Å². The second-order valence-electron chi connectivity index (χ2n) is 3.61. The Bertz CT molecular complexity index is 285. The maximum Gasteiger partial charge on any atom is 0.471 e. The number of carbonyl (C=O) groups excluding carboxylic acids is 1. The molecule has 1 rings (SSSR count). The number of amides is 1. The predicted octanol–water partition coefficient (Wildman–Crippen LogP) is -1.85. The van der Waals surface area contributed by atoms with Gasteiger partial charge in [0, 0.05) is 0 Å². The van der Waals surface area contributed by atoms with Crippen LogP contribution in [0.3, 0.4) is 0 Å². The Hall–Kier alpha value is -0.900. The second-order valence-corrected chi connectivity index (χ2v) is 3.61. The number of hydrogen-bond donors (Lipinski definition) is 4. The van der Waals surface area contributed by atoms with Gasteiger partial charge in [-0.3, -0.25) is 4.79 Å². The molecule has 9 heteroatoms. The molecule has 6 nitrogen and oxygen atoms in total. The van der Waals surface area contributed by atoms with Crippen LogP contribution in [0.2, 0.25) is 0 Å². The molecule has 17 heavy (non-hydrogen) atoms. The molecule has 0 bridgehead atoms. The highest BCUT2D eigenvalue weighted by molar-refractivity contribution is 5.82. The molecule has 100 valence electrons. The van der Waals surface area contributed by atoms with Gasteiger partial charge >= 0.3 is 12.1 Å². The van der Waals surface area contributed by atoms with Crippen molar-refractivity contribution in [2.45, 2.75) is 30.5 Å². The first-order valence-corrected chi connectivity index (χ1v) is 4.73. The van der Waals surface area contributed by atoms with Crippen LogP contribution in [-0.4, -0.2) is 65.0 Å². The SMILES string of the molecule is O=C(NC1COC(CO)[C@H](O)C1O)C(F)(F)F. The lowest BCUT2D eigenvalue weighted by Gasteiger charge is -2.37. The highest BCUT2D eigenvalue weighted by atomic mass is 19.4. The zero-order valence-electron chi connectivity index (χ0n) is 8.52. The van der Waals surface area contributed by atoms with E-state index in [0.29, 0.717) is 0 Å². The number of halogens is 3. The average molecular weight is 259 g/mol. The molecule has 1 amide bonds. The third-order valence-electron chi connectivity index (χ3n) is 2.39. The summed E-state index contributed by atoms with van der Waals surface area (Å²) >= 11 is 0. The van der Waals surface area contributed by atoms with Crippen LogP contribution in [0.25, 0.3) is 0 Å². The highest BCUT2D eigenvalue weighted by Gasteiger charge is 2.44. The van der Waals surface area contributed by atoms with Crippen molar-refractivity contribution in [1.82, 2.24) is 5.32 Å². The van der Waals surface area contributed by atoms with E-state index in [0.717, 1.165) is 0 Å². The molecule has 4 atom stereocenters. The summed E-state index contributed by atoms with van der Waals surface area (Å²) in [7, 11) is 0. The van der Waals surface area contributed by atoms with Gasteiger partial charge in [-0.15, -0.1) is 0 Å². The third-order valence-corrected chi connectivity index (χ3v) is 2.39. The first kappa shape index (κ1) is 14.2. The zero-order chi connectivity index (χ0) is 13.2. The van der Waals surface area contributed by atoms with E-state index in [-0.39, 0.29) is 0 Å². The number of alkyl halides is 3. The summed E-state index contributed by atoms with van der Waals surface area (Å²) in [6.45, 7) is -1.01. The van der Waals surface area contributed by atoms with E-state index in [1.165, 1.54) is 5.32 Å². The summed E-state index contributed by atoms with van der Waals surface area (Å²) in [5.41, 5.74) is 0. The number of nitrogens with one attached hydrogen (secondary N) is 1. The molecule has 1 heterocycles. The maximum atomic E-state index is 11.9. The molecular formula is C8H12F3NO5. The minimum atomic E-state index is -5.07. The van der Waals surface area contributed by atoms with Crippen LogP contribution in [0.15, 0.2) is 0 Å². The van der Waals surface area contributed by atoms with Crippen molar-refractivity contribution >= 4 is 5.91 Å². The maximum absolute atomic E-state index is 11.9. The summed E-state index contributed by atoms with van der Waals surface area (Å²) < 4.78 is 40.6. The Kier molecular flexibility index (Phi) is 4.31. The normalized spacial score (nSPS) is 34.5. The molecule has 1 fully saturated rings. The molecule has 0 aromatic rings. The molecule has 0 spiro atoms. The van der Waals surface area contributed by atoms with Crippen molar-refractivity contribution in [3.63, 3.8) is 0 Å². The number of aliphatic hydroxyl groups excluding tert-OH is 3. The second kappa shape index (κ2) is 5.17. The summed E-state index contributed by atoms with van der Waals surface area (Å²) in [6.07, 6.45) is -9.35. The highest BCUT2D eigenvalue weighted by Crippen LogP contribution is 2.18. The number of rotatable bonds is 2. The summed E-state index contributed by atoms with van der Waals surface area (Å²) in [5.74, 6) is -2.22. The molecule has 0 aromatic carbocycles. The Balaban J connectivity index is 2.60. The van der Waals surface area contributed by atoms with Gasteiger partial charge in [0.1, 0.15) is 18.3 Å². The first-order chi connectivity index (χ1) is 7.77. The predicted molar refractivity (Wildman–Crippen MR) is 46.8 cm³/mol. The summed E-state index contributed by atoms with van der Waals surface area (Å²) in [6, 6.07) is -1.37. The lowest BCUT2D eigenvalue weighted by molar-refractivity contribution is -0.185. The first-order valence-electron chi connectivity index (χ1n) is 4.73. The van der Waals surface area contributed by atoms with E-state index in [1.807, 2.05) is 0 Å². The van der Waals surface area contributed by atoms with Gasteiger partial charge in [-0.2, -0.15) is 13.2 Å². The molecule has 4 N–H and O–H groups in total. The molecular weight excluding hydrogens is 247 g/mol. The molecule has 1 saturated heterocycles. The number of carbonyl (C=O) groups is 1. The Labute approximate surface area is 94.0 Å². The van der Waals surface area contributed by atoms with Gasteiger partial charge in [-0.05, 0) is 0 Å². The third kappa shape index (κ3) is 3.28. The Morgan fingerprint density at radius 2 is 1.94 bits per heavy atom. The lowest BCUT2D eigenvalue weighted by Crippen LogP contribution is -2.61. The van der Waals surface area contributed by atoms with E-state index in [1.54, 1.807) is 0 Å². The standard InChI is InChI=1S/C8H12F3NO5/c9-8(10,11)7(16)12-3-2-17-4(1-13)6(15)5(3)14/h3-6,13-15H,1-2H2,(H,12,16)/t3?,4?,5?,6-/m0/s1. The molecule has 1 aliphatic rings. The van der Waals surface area contributed by atoms with Crippen molar-refractivity contribution in [1.29, 1.82) is 0 Å². The number of ether oxygens (including phenoxy) is 1. The van der Waals surface area contributed by atoms with Crippen molar-refractivity contribution < 1.29 is 38.0 Å². The van der Waals surface area contributed by atoms with Gasteiger partial charge < -0.3 is 25.4 Å². The molecule has 0 saturated carbocycles. The van der Waals surface area contributed by atoms with Gasteiger partial charge in [-0.25, -0.2) is 0 Å². The van der Waals surface area contributed by atoms with Gasteiger partial charge in [-0.1, -0.05) is 0 Å². The Morgan fingerprint density at radius 3 is 2.41 bits per heavy atom. The largest absolute Gasteiger partial charge is 0.471 e. The van der Waals surface area contributed by atoms with Crippen LogP contribution < -0.4 is 5.32 Å². The monoisotopic (exact) mass is 259 g/mol. The van der Waals surface area contributed by atoms with Crippen LogP contribution in [0.4, 0.5) is 13.2 Å². The van der Waals surface area contributed by atoms with E-state index in [4.69, 9.17) is 9.84 Å². The van der Waals surface area contributed by atoms with Crippen LogP contribution in [0.1, 0.15) is 0 Å². The van der Waals surface area contributed by atoms with Crippen molar-refractivity contribution in [3.8, 4) is 0 Å². The fourth-order valence-electron chi connectivity index (χ4n) is 1.42. The average Bonchev–Trinajstić information content (AvgIpc) is 2.23. The smallest absolute Gasteiger partial charge is 0.394 e. The van der Waals surface area contributed by atoms with Crippen LogP contribution in [-0.2, 0) is 9.53 Å². The van der Waals surface area contributed by atoms with E-state index < -0.39 is 49.7 Å². The van der Waals surface area contributed by atoms with Gasteiger partial charge in [0.2, 0.25) is 0 Å². The van der Waals surface area contributed by atoms with E-state index >= 15 is 0 Å². The fraction of sp³-hybridized carbons (Fsp3) is 0.875. The van der Waals surface area contributed by atoms with Crippen LogP contribution in [0, 0.1) is 0 Å². The lowest BCUT2D eigenvalue weighted by atomic mass is 9.98. The van der Waals surface area contributed by atoms with Gasteiger partial charge in [0.15, 0.2) is 0 Å². The molecule has 1 aliphatic heterocycles. The van der Waals surface area contributed by atoms with Crippen LogP contribution in [0.5, 0.6) is 0 Å². The van der Waals surface area contributed by atoms with Gasteiger partial charge in [0.05, 0.1) is 19.3 Å². The van der Waals surface area contributed by atoms with Crippen molar-refractivity contribution in [2.24, 2.45) is 0 Å². The Morgan fingerprint density at radius 1 is 1.35 bits per heavy atom.